The zero-order chi connectivity index (χ0) is 8.99. The Morgan fingerprint density at radius 1 is 1.60 bits per heavy atom. The molecule has 60 valence electrons. The first kappa shape index (κ1) is 15.7. The third-order valence-corrected chi connectivity index (χ3v) is 0. The number of hydrogen-bond donors (Lipinski definition) is 3. The van der Waals surface area contributed by atoms with Gasteiger partial charge in [-0.3, -0.25) is 4.79 Å². The van der Waals surface area contributed by atoms with E-state index >= 15 is 0 Å². The van der Waals surface area contributed by atoms with E-state index in [0.29, 0.717) is 0 Å². The summed E-state index contributed by atoms with van der Waals surface area (Å²) in [6, 6.07) is 0. The molecule has 0 fully saturated rings. The Kier molecular flexibility index (Phi) is 43.4. The topological polar surface area (TPSA) is 150 Å². The van der Waals surface area contributed by atoms with E-state index in [-0.39, 0.29) is 6.47 Å². The van der Waals surface area contributed by atoms with E-state index in [4.69, 9.17) is 35.3 Å². The first-order valence-electron chi connectivity index (χ1n) is 1.44. The van der Waals surface area contributed by atoms with Gasteiger partial charge in [0.05, 0.1) is 0 Å². The molecule has 0 saturated heterocycles. The summed E-state index contributed by atoms with van der Waals surface area (Å²) in [5, 5.41) is 28.4. The predicted molar refractivity (Wildman–Crippen MR) is 25.1 cm³/mol. The molecule has 0 aliphatic rings. The molecule has 0 heterocycles. The van der Waals surface area contributed by atoms with Crippen LogP contribution in [0.1, 0.15) is 0 Å². The first-order chi connectivity index (χ1) is 4.56. The molecule has 0 unspecified atom stereocenters. The molecule has 9 nitrogen and oxygen atoms in total. The molecule has 10 heavy (non-hydrogen) atoms. The van der Waals surface area contributed by atoms with Gasteiger partial charge in [-0.05, 0) is 0 Å². The smallest absolute Gasteiger partial charge is 0.291 e. The van der Waals surface area contributed by atoms with Crippen LogP contribution in [0.4, 0.5) is 0 Å². The molecule has 0 aliphatic heterocycles. The highest BCUT2D eigenvalue weighted by Gasteiger charge is 1.65. The maximum Gasteiger partial charge on any atom is 0.291 e. The molecule has 0 atom stereocenters. The van der Waals surface area contributed by atoms with Crippen LogP contribution in [0.25, 0.3) is 0 Å². The van der Waals surface area contributed by atoms with Crippen LogP contribution in [0.15, 0.2) is 5.34 Å². The second-order valence-corrected chi connectivity index (χ2v) is 0.425. The summed E-state index contributed by atoms with van der Waals surface area (Å²) in [5.74, 6) is 0. The maximum absolute atomic E-state index is 8.36. The van der Waals surface area contributed by atoms with Gasteiger partial charge in [-0.25, -0.2) is 0 Å². The average molecular weight is 156 g/mol. The molecule has 0 aromatic rings. The summed E-state index contributed by atoms with van der Waals surface area (Å²) >= 11 is 0. The van der Waals surface area contributed by atoms with Crippen molar-refractivity contribution in [3.63, 3.8) is 0 Å². The first-order valence-corrected chi connectivity index (χ1v) is 1.44. The lowest BCUT2D eigenvalue weighted by molar-refractivity contribution is -0.742. The molecule has 0 bridgehead atoms. The highest BCUT2D eigenvalue weighted by Crippen LogP contribution is 1.38. The zero-order valence-electron chi connectivity index (χ0n) is 4.45. The molecule has 0 aromatic heterocycles. The summed E-state index contributed by atoms with van der Waals surface area (Å²) in [6.07, 6.45) is 0. The summed E-state index contributed by atoms with van der Waals surface area (Å²) in [4.78, 5) is 24.8. The van der Waals surface area contributed by atoms with Crippen molar-refractivity contribution >= 4 is 6.47 Å². The minimum atomic E-state index is -1.50. The van der Waals surface area contributed by atoms with Crippen LogP contribution >= 0.6 is 0 Å². The molecular formula is CH4N2O7. The summed E-state index contributed by atoms with van der Waals surface area (Å²) in [5.41, 5.74) is 0. The fourth-order valence-electron chi connectivity index (χ4n) is 0. The largest absolute Gasteiger partial charge is 0.483 e. The van der Waals surface area contributed by atoms with Crippen LogP contribution in [0, 0.1) is 15.0 Å². The lowest BCUT2D eigenvalue weighted by Crippen LogP contribution is -1.81. The number of nitrogens with zero attached hydrogens (tertiary/aromatic N) is 2. The van der Waals surface area contributed by atoms with Gasteiger partial charge in [0.2, 0.25) is 0 Å². The molecule has 0 spiro atoms. The monoisotopic (exact) mass is 156 g/mol. The van der Waals surface area contributed by atoms with Crippen molar-refractivity contribution in [1.82, 2.24) is 0 Å². The molecule has 0 aliphatic carbocycles. The Balaban J connectivity index is -0.0000000750. The molecule has 9 heteroatoms. The fourth-order valence-corrected chi connectivity index (χ4v) is 0. The second kappa shape index (κ2) is 27.6. The summed E-state index contributed by atoms with van der Waals surface area (Å²) < 4.78 is 0. The van der Waals surface area contributed by atoms with Crippen LogP contribution in [-0.4, -0.2) is 27.1 Å². The molecule has 0 amide bonds. The molecular weight excluding hydrogens is 152 g/mol. The van der Waals surface area contributed by atoms with Gasteiger partial charge in [0.15, 0.2) is 5.34 Å². The van der Waals surface area contributed by atoms with Gasteiger partial charge in [-0.1, -0.05) is 0 Å². The van der Waals surface area contributed by atoms with Gasteiger partial charge in [0.1, 0.15) is 0 Å². The van der Waals surface area contributed by atoms with E-state index in [2.05, 4.69) is 0 Å². The van der Waals surface area contributed by atoms with Gasteiger partial charge in [-0.15, -0.1) is 15.0 Å². The minimum Gasteiger partial charge on any atom is -0.483 e. The number of hydrogen-bond acceptors (Lipinski definition) is 5. The van der Waals surface area contributed by atoms with Crippen LogP contribution in [0.3, 0.4) is 0 Å². The van der Waals surface area contributed by atoms with E-state index in [0.717, 1.165) is 0 Å². The van der Waals surface area contributed by atoms with Crippen LogP contribution in [0.5, 0.6) is 0 Å². The quantitative estimate of drug-likeness (QED) is 0.185. The van der Waals surface area contributed by atoms with Crippen LogP contribution in [-0.2, 0) is 4.79 Å². The molecule has 0 saturated carbocycles. The van der Waals surface area contributed by atoms with E-state index in [1.807, 2.05) is 0 Å². The van der Waals surface area contributed by atoms with Gasteiger partial charge in [0, 0.05) is 0 Å². The highest BCUT2D eigenvalue weighted by atomic mass is 16.9. The molecule has 0 aromatic carbocycles. The normalized spacial score (nSPS) is 4.80. The Labute approximate surface area is 53.6 Å². The van der Waals surface area contributed by atoms with Gasteiger partial charge in [0.25, 0.3) is 11.6 Å². The third-order valence-electron chi connectivity index (χ3n) is 0. The molecule has 3 N–H and O–H groups in total. The lowest BCUT2D eigenvalue weighted by atomic mass is 11.7. The second-order valence-electron chi connectivity index (χ2n) is 0.425. The van der Waals surface area contributed by atoms with Crippen molar-refractivity contribution in [3.8, 4) is 0 Å². The zero-order valence-corrected chi connectivity index (χ0v) is 4.45. The number of carbonyl (C=O) groups is 1. The maximum atomic E-state index is 8.36. The van der Waals surface area contributed by atoms with Crippen LogP contribution in [0.2, 0.25) is 0 Å². The minimum absolute atomic E-state index is 0.250. The highest BCUT2D eigenvalue weighted by molar-refractivity contribution is 5.32. The summed E-state index contributed by atoms with van der Waals surface area (Å²) in [7, 11) is 0. The van der Waals surface area contributed by atoms with Crippen molar-refractivity contribution in [2.45, 2.75) is 0 Å². The molecule has 0 radical (unpaired) electrons. The standard InChI is InChI=1S/CH2O2.HNO3.HNO2/c2-1-3;2-1(3)4;2-1-3/h1H,(H,2,3);(H,2,3,4);(H,2,3). The Morgan fingerprint density at radius 3 is 1.60 bits per heavy atom. The number of carboxylic acid groups (broad SMARTS) is 1. The van der Waals surface area contributed by atoms with E-state index < -0.39 is 5.09 Å². The summed E-state index contributed by atoms with van der Waals surface area (Å²) in [6.45, 7) is -0.250. The van der Waals surface area contributed by atoms with Crippen molar-refractivity contribution in [3.05, 3.63) is 15.0 Å². The SMILES string of the molecule is O=CO.O=NO.O=[N+]([O-])O. The predicted octanol–water partition coefficient (Wildman–Crippen LogP) is -0.505. The Bertz CT molecular complexity index is 79.6. The lowest BCUT2D eigenvalue weighted by Gasteiger charge is -1.56. The van der Waals surface area contributed by atoms with Crippen molar-refractivity contribution in [1.29, 1.82) is 0 Å². The van der Waals surface area contributed by atoms with Gasteiger partial charge in [-0.2, -0.15) is 0 Å². The van der Waals surface area contributed by atoms with Gasteiger partial charge < -0.3 is 15.5 Å². The fraction of sp³-hybridized carbons (Fsp3) is 0. The number of rotatable bonds is 0. The van der Waals surface area contributed by atoms with Crippen molar-refractivity contribution in [2.75, 3.05) is 0 Å². The van der Waals surface area contributed by atoms with E-state index in [1.165, 1.54) is 5.34 Å². The average Bonchev–Trinajstić information content (AvgIpc) is 1.65. The van der Waals surface area contributed by atoms with E-state index in [9.17, 15) is 0 Å². The Morgan fingerprint density at radius 2 is 1.60 bits per heavy atom. The van der Waals surface area contributed by atoms with E-state index in [1.54, 1.807) is 0 Å². The Hall–Kier alpha value is -1.93. The van der Waals surface area contributed by atoms with Gasteiger partial charge >= 0.3 is 0 Å². The van der Waals surface area contributed by atoms with Crippen molar-refractivity contribution in [2.24, 2.45) is 5.34 Å². The van der Waals surface area contributed by atoms with Crippen LogP contribution < -0.4 is 0 Å². The van der Waals surface area contributed by atoms with Crippen molar-refractivity contribution < 1.29 is 25.4 Å². The molecule has 0 rings (SSSR count). The third kappa shape index (κ3) is 41.9.